The van der Waals surface area contributed by atoms with Crippen molar-refractivity contribution in [2.45, 2.75) is 23.6 Å². The Bertz CT molecular complexity index is 750. The first-order chi connectivity index (χ1) is 11.9. The van der Waals surface area contributed by atoms with E-state index in [0.717, 1.165) is 19.5 Å². The molecule has 0 radical (unpaired) electrons. The van der Waals surface area contributed by atoms with E-state index >= 15 is 0 Å². The zero-order chi connectivity index (χ0) is 18.3. The van der Waals surface area contributed by atoms with E-state index in [9.17, 15) is 17.2 Å². The van der Waals surface area contributed by atoms with Gasteiger partial charge in [-0.15, -0.1) is 0 Å². The lowest BCUT2D eigenvalue weighted by atomic mass is 10.2. The number of sulfone groups is 1. The topological polar surface area (TPSA) is 49.4 Å². The van der Waals surface area contributed by atoms with Crippen LogP contribution in [0.5, 0.6) is 0 Å². The molecule has 0 saturated heterocycles. The van der Waals surface area contributed by atoms with Crippen molar-refractivity contribution >= 4 is 15.5 Å². The van der Waals surface area contributed by atoms with E-state index in [0.29, 0.717) is 12.2 Å². The Morgan fingerprint density at radius 1 is 1.04 bits per heavy atom. The summed E-state index contributed by atoms with van der Waals surface area (Å²) >= 11 is 0. The molecular weight excluding hydrogens is 346 g/mol. The average Bonchev–Trinajstić information content (AvgIpc) is 2.60. The number of halogens is 2. The second-order valence-corrected chi connectivity index (χ2v) is 7.75. The molecule has 1 N–H and O–H groups in total. The first-order valence-corrected chi connectivity index (χ1v) is 9.52. The highest BCUT2D eigenvalue weighted by Crippen LogP contribution is 2.20. The molecule has 0 fully saturated rings. The summed E-state index contributed by atoms with van der Waals surface area (Å²) in [7, 11) is -2.48. The van der Waals surface area contributed by atoms with E-state index < -0.39 is 15.6 Å². The van der Waals surface area contributed by atoms with Crippen molar-refractivity contribution in [3.63, 3.8) is 0 Å². The van der Waals surface area contributed by atoms with E-state index in [1.165, 1.54) is 29.8 Å². The normalized spacial score (nSPS) is 11.9. The molecule has 2 aromatic carbocycles. The van der Waals surface area contributed by atoms with Gasteiger partial charge >= 0.3 is 5.76 Å². The molecule has 7 heteroatoms. The summed E-state index contributed by atoms with van der Waals surface area (Å²) in [5, 5.41) is 3.16. The molecule has 2 aromatic rings. The minimum absolute atomic E-state index is 0.365. The van der Waals surface area contributed by atoms with Gasteiger partial charge in [0.2, 0.25) is 9.84 Å². The Morgan fingerprint density at radius 2 is 1.68 bits per heavy atom. The number of benzene rings is 2. The molecule has 0 aliphatic rings. The number of hydrogen-bond acceptors (Lipinski definition) is 4. The lowest BCUT2D eigenvalue weighted by molar-refractivity contribution is 0.234. The van der Waals surface area contributed by atoms with Crippen LogP contribution in [0.3, 0.4) is 0 Å². The third-order valence-corrected chi connectivity index (χ3v) is 5.16. The first-order valence-electron chi connectivity index (χ1n) is 7.98. The molecule has 0 amide bonds. The van der Waals surface area contributed by atoms with Gasteiger partial charge in [-0.1, -0.05) is 30.3 Å². The average molecular weight is 368 g/mol. The molecule has 0 atom stereocenters. The van der Waals surface area contributed by atoms with Crippen LogP contribution in [-0.4, -0.2) is 39.2 Å². The van der Waals surface area contributed by atoms with Crippen LogP contribution in [0.25, 0.3) is 0 Å². The summed E-state index contributed by atoms with van der Waals surface area (Å²) in [5.41, 5.74) is 1.97. The van der Waals surface area contributed by atoms with Crippen molar-refractivity contribution < 1.29 is 17.2 Å². The molecule has 0 bridgehead atoms. The standard InChI is InChI=1S/C18H22F2N2O2S/c1-22(14-15-6-3-2-4-7-15)13-5-12-21-16-8-10-17(11-9-16)25(23,24)18(19)20/h2-4,6-11,18,21H,5,12-14H2,1H3. The Labute approximate surface area is 147 Å². The quantitative estimate of drug-likeness (QED) is 0.687. The smallest absolute Gasteiger partial charge is 0.341 e. The Balaban J connectivity index is 1.75. The number of rotatable bonds is 9. The molecular formula is C18H22F2N2O2S. The van der Waals surface area contributed by atoms with Gasteiger partial charge in [0, 0.05) is 18.8 Å². The fourth-order valence-electron chi connectivity index (χ4n) is 2.42. The second-order valence-electron chi connectivity index (χ2n) is 5.83. The number of alkyl halides is 2. The maximum absolute atomic E-state index is 12.5. The third-order valence-electron chi connectivity index (χ3n) is 3.76. The van der Waals surface area contributed by atoms with Gasteiger partial charge in [-0.2, -0.15) is 8.78 Å². The van der Waals surface area contributed by atoms with Crippen molar-refractivity contribution in [3.8, 4) is 0 Å². The second kappa shape index (κ2) is 8.92. The zero-order valence-corrected chi connectivity index (χ0v) is 14.8. The van der Waals surface area contributed by atoms with Gasteiger partial charge in [-0.05, 0) is 49.8 Å². The number of nitrogens with one attached hydrogen (secondary N) is 1. The number of anilines is 1. The van der Waals surface area contributed by atoms with Crippen LogP contribution >= 0.6 is 0 Å². The molecule has 0 unspecified atom stereocenters. The monoisotopic (exact) mass is 368 g/mol. The predicted molar refractivity (Wildman–Crippen MR) is 95.5 cm³/mol. The van der Waals surface area contributed by atoms with Gasteiger partial charge in [0.15, 0.2) is 0 Å². The molecule has 0 aliphatic heterocycles. The summed E-state index contributed by atoms with van der Waals surface area (Å²) in [6.45, 7) is 2.49. The van der Waals surface area contributed by atoms with Gasteiger partial charge in [-0.3, -0.25) is 0 Å². The van der Waals surface area contributed by atoms with Gasteiger partial charge in [0.05, 0.1) is 4.90 Å². The number of hydrogen-bond donors (Lipinski definition) is 1. The first kappa shape index (κ1) is 19.3. The predicted octanol–water partition coefficient (Wildman–Crippen LogP) is 3.62. The molecule has 25 heavy (non-hydrogen) atoms. The molecule has 0 aromatic heterocycles. The van der Waals surface area contributed by atoms with Crippen molar-refractivity contribution in [1.82, 2.24) is 4.90 Å². The maximum atomic E-state index is 12.5. The molecule has 0 heterocycles. The summed E-state index contributed by atoms with van der Waals surface area (Å²) in [6.07, 6.45) is 0.903. The fourth-order valence-corrected chi connectivity index (χ4v) is 3.14. The lowest BCUT2D eigenvalue weighted by Crippen LogP contribution is -2.21. The SMILES string of the molecule is CN(CCCNc1ccc(S(=O)(=O)C(F)F)cc1)Cc1ccccc1. The lowest BCUT2D eigenvalue weighted by Gasteiger charge is -2.17. The van der Waals surface area contributed by atoms with Crippen LogP contribution in [0.4, 0.5) is 14.5 Å². The highest BCUT2D eigenvalue weighted by atomic mass is 32.2. The zero-order valence-electron chi connectivity index (χ0n) is 14.0. The molecule has 0 spiro atoms. The summed E-state index contributed by atoms with van der Waals surface area (Å²) in [6, 6.07) is 15.6. The van der Waals surface area contributed by atoms with Gasteiger partial charge in [0.1, 0.15) is 0 Å². The Kier molecular flexibility index (Phi) is 6.90. The summed E-state index contributed by atoms with van der Waals surface area (Å²) < 4.78 is 47.6. The van der Waals surface area contributed by atoms with E-state index in [4.69, 9.17) is 0 Å². The summed E-state index contributed by atoms with van der Waals surface area (Å²) in [4.78, 5) is 1.85. The highest BCUT2D eigenvalue weighted by Gasteiger charge is 2.26. The molecule has 4 nitrogen and oxygen atoms in total. The Morgan fingerprint density at radius 3 is 2.28 bits per heavy atom. The van der Waals surface area contributed by atoms with Gasteiger partial charge < -0.3 is 10.2 Å². The van der Waals surface area contributed by atoms with E-state index in [-0.39, 0.29) is 4.90 Å². The molecule has 2 rings (SSSR count). The largest absolute Gasteiger partial charge is 0.385 e. The van der Waals surface area contributed by atoms with Crippen molar-refractivity contribution in [3.05, 3.63) is 60.2 Å². The number of nitrogens with zero attached hydrogens (tertiary/aromatic N) is 1. The van der Waals surface area contributed by atoms with Crippen molar-refractivity contribution in [2.75, 3.05) is 25.5 Å². The molecule has 0 saturated carbocycles. The fraction of sp³-hybridized carbons (Fsp3) is 0.333. The van der Waals surface area contributed by atoms with Crippen molar-refractivity contribution in [2.24, 2.45) is 0 Å². The van der Waals surface area contributed by atoms with Crippen LogP contribution < -0.4 is 5.32 Å². The minimum Gasteiger partial charge on any atom is -0.385 e. The van der Waals surface area contributed by atoms with Crippen LogP contribution in [0.15, 0.2) is 59.5 Å². The highest BCUT2D eigenvalue weighted by molar-refractivity contribution is 7.91. The molecule has 0 aliphatic carbocycles. The van der Waals surface area contributed by atoms with E-state index in [1.54, 1.807) is 0 Å². The maximum Gasteiger partial charge on any atom is 0.341 e. The van der Waals surface area contributed by atoms with Crippen LogP contribution in [0, 0.1) is 0 Å². The minimum atomic E-state index is -4.53. The Hall–Kier alpha value is -1.99. The van der Waals surface area contributed by atoms with Gasteiger partial charge in [-0.25, -0.2) is 8.42 Å². The van der Waals surface area contributed by atoms with E-state index in [2.05, 4.69) is 29.4 Å². The third kappa shape index (κ3) is 5.79. The van der Waals surface area contributed by atoms with E-state index in [1.807, 2.05) is 18.2 Å². The van der Waals surface area contributed by atoms with Crippen LogP contribution in [0.2, 0.25) is 0 Å². The van der Waals surface area contributed by atoms with Crippen LogP contribution in [-0.2, 0) is 16.4 Å². The summed E-state index contributed by atoms with van der Waals surface area (Å²) in [5.74, 6) is -3.40. The van der Waals surface area contributed by atoms with Crippen LogP contribution in [0.1, 0.15) is 12.0 Å². The van der Waals surface area contributed by atoms with Crippen molar-refractivity contribution in [1.29, 1.82) is 0 Å². The van der Waals surface area contributed by atoms with Gasteiger partial charge in [0.25, 0.3) is 0 Å². The molecule has 136 valence electrons.